The van der Waals surface area contributed by atoms with Gasteiger partial charge in [-0.1, -0.05) is 30.4 Å². The largest absolute Gasteiger partial charge is 0.236 e. The molecule has 0 spiro atoms. The van der Waals surface area contributed by atoms with Gasteiger partial charge in [-0.3, -0.25) is 0 Å². The zero-order chi connectivity index (χ0) is 10.5. The highest BCUT2D eigenvalue weighted by atomic mass is 32.1. The SMILES string of the molecule is C1=CC2CC2C(c2nc3ccccc3s2)=C1. The van der Waals surface area contributed by atoms with Gasteiger partial charge in [0, 0.05) is 0 Å². The molecule has 2 aliphatic rings. The first kappa shape index (κ1) is 8.71. The molecule has 1 aromatic heterocycles. The zero-order valence-corrected chi connectivity index (χ0v) is 9.58. The van der Waals surface area contributed by atoms with E-state index < -0.39 is 0 Å². The molecule has 1 heterocycles. The van der Waals surface area contributed by atoms with Gasteiger partial charge < -0.3 is 0 Å². The highest BCUT2D eigenvalue weighted by molar-refractivity contribution is 7.19. The summed E-state index contributed by atoms with van der Waals surface area (Å²) < 4.78 is 1.30. The monoisotopic (exact) mass is 225 g/mol. The number of benzene rings is 1. The van der Waals surface area contributed by atoms with Gasteiger partial charge in [0.1, 0.15) is 5.01 Å². The van der Waals surface area contributed by atoms with Crippen molar-refractivity contribution in [2.45, 2.75) is 6.42 Å². The van der Waals surface area contributed by atoms with Crippen molar-refractivity contribution in [3.63, 3.8) is 0 Å². The van der Waals surface area contributed by atoms with Crippen LogP contribution in [0.2, 0.25) is 0 Å². The first-order chi connectivity index (χ1) is 7.92. The van der Waals surface area contributed by atoms with Gasteiger partial charge in [0.2, 0.25) is 0 Å². The number of nitrogens with zero attached hydrogens (tertiary/aromatic N) is 1. The summed E-state index contributed by atoms with van der Waals surface area (Å²) in [6, 6.07) is 8.39. The lowest BCUT2D eigenvalue weighted by atomic mass is 10.1. The van der Waals surface area contributed by atoms with Crippen molar-refractivity contribution in [3.8, 4) is 0 Å². The third-order valence-electron chi connectivity index (χ3n) is 3.41. The Morgan fingerprint density at radius 1 is 1.25 bits per heavy atom. The topological polar surface area (TPSA) is 12.9 Å². The Labute approximate surface area is 98.1 Å². The summed E-state index contributed by atoms with van der Waals surface area (Å²) in [5, 5.41) is 1.22. The van der Waals surface area contributed by atoms with E-state index in [2.05, 4.69) is 42.5 Å². The zero-order valence-electron chi connectivity index (χ0n) is 8.76. The van der Waals surface area contributed by atoms with Crippen molar-refractivity contribution in [1.29, 1.82) is 0 Å². The van der Waals surface area contributed by atoms with Crippen LogP contribution in [0.15, 0.2) is 42.5 Å². The number of hydrogen-bond donors (Lipinski definition) is 0. The fraction of sp³-hybridized carbons (Fsp3) is 0.214. The van der Waals surface area contributed by atoms with Gasteiger partial charge in [0.15, 0.2) is 0 Å². The quantitative estimate of drug-likeness (QED) is 0.717. The molecule has 2 heteroatoms. The average Bonchev–Trinajstić information content (AvgIpc) is 2.99. The molecule has 1 nitrogen and oxygen atoms in total. The van der Waals surface area contributed by atoms with Crippen LogP contribution in [0, 0.1) is 11.8 Å². The van der Waals surface area contributed by atoms with Crippen LogP contribution in [-0.4, -0.2) is 4.98 Å². The van der Waals surface area contributed by atoms with Gasteiger partial charge in [-0.15, -0.1) is 11.3 Å². The van der Waals surface area contributed by atoms with E-state index in [1.54, 1.807) is 0 Å². The second kappa shape index (κ2) is 3.05. The van der Waals surface area contributed by atoms with Crippen molar-refractivity contribution in [2.24, 2.45) is 11.8 Å². The molecule has 0 radical (unpaired) electrons. The van der Waals surface area contributed by atoms with Gasteiger partial charge in [-0.05, 0) is 36.0 Å². The molecule has 78 valence electrons. The van der Waals surface area contributed by atoms with Gasteiger partial charge in [-0.25, -0.2) is 4.98 Å². The fourth-order valence-electron chi connectivity index (χ4n) is 2.44. The second-order valence-corrected chi connectivity index (χ2v) is 5.53. The van der Waals surface area contributed by atoms with E-state index in [1.165, 1.54) is 21.7 Å². The van der Waals surface area contributed by atoms with E-state index in [0.29, 0.717) is 0 Å². The maximum atomic E-state index is 4.73. The molecule has 2 atom stereocenters. The normalized spacial score (nSPS) is 26.6. The maximum Gasteiger partial charge on any atom is 0.120 e. The number of rotatable bonds is 1. The minimum atomic E-state index is 0.755. The second-order valence-electron chi connectivity index (χ2n) is 4.50. The van der Waals surface area contributed by atoms with Crippen LogP contribution in [0.5, 0.6) is 0 Å². The van der Waals surface area contributed by atoms with Gasteiger partial charge >= 0.3 is 0 Å². The van der Waals surface area contributed by atoms with Gasteiger partial charge in [0.05, 0.1) is 10.2 Å². The van der Waals surface area contributed by atoms with Crippen LogP contribution < -0.4 is 0 Å². The highest BCUT2D eigenvalue weighted by Gasteiger charge is 2.40. The van der Waals surface area contributed by atoms with E-state index in [0.717, 1.165) is 17.4 Å². The highest BCUT2D eigenvalue weighted by Crippen LogP contribution is 2.51. The van der Waals surface area contributed by atoms with Crippen LogP contribution in [0.3, 0.4) is 0 Å². The van der Waals surface area contributed by atoms with Gasteiger partial charge in [-0.2, -0.15) is 0 Å². The predicted molar refractivity (Wildman–Crippen MR) is 68.3 cm³/mol. The summed E-state index contributed by atoms with van der Waals surface area (Å²) in [6.07, 6.45) is 8.07. The number of fused-ring (bicyclic) bond motifs is 2. The molecule has 1 saturated carbocycles. The lowest BCUT2D eigenvalue weighted by Gasteiger charge is -2.03. The first-order valence-electron chi connectivity index (χ1n) is 5.66. The van der Waals surface area contributed by atoms with Crippen molar-refractivity contribution in [2.75, 3.05) is 0 Å². The molecule has 1 fully saturated rings. The Morgan fingerprint density at radius 3 is 3.12 bits per heavy atom. The lowest BCUT2D eigenvalue weighted by molar-refractivity contribution is 0.996. The van der Waals surface area contributed by atoms with E-state index in [1.807, 2.05) is 11.3 Å². The molecule has 2 aromatic rings. The Bertz CT molecular complexity index is 587. The number of para-hydroxylation sites is 1. The van der Waals surface area contributed by atoms with Crippen molar-refractivity contribution < 1.29 is 0 Å². The molecule has 16 heavy (non-hydrogen) atoms. The molecule has 1 aromatic carbocycles. The molecule has 2 aliphatic carbocycles. The van der Waals surface area contributed by atoms with Crippen molar-refractivity contribution in [3.05, 3.63) is 47.5 Å². The summed E-state index contributed by atoms with van der Waals surface area (Å²) >= 11 is 1.82. The Hall–Kier alpha value is -1.41. The molecule has 0 bridgehead atoms. The van der Waals surface area contributed by atoms with Crippen LogP contribution in [0.25, 0.3) is 15.8 Å². The Balaban J connectivity index is 1.87. The summed E-state index contributed by atoms with van der Waals surface area (Å²) in [6.45, 7) is 0. The smallest absolute Gasteiger partial charge is 0.120 e. The summed E-state index contributed by atoms with van der Waals surface area (Å²) in [7, 11) is 0. The number of hydrogen-bond acceptors (Lipinski definition) is 2. The molecule has 0 aliphatic heterocycles. The number of allylic oxidation sites excluding steroid dienone is 4. The van der Waals surface area contributed by atoms with Crippen molar-refractivity contribution >= 4 is 27.1 Å². The fourth-order valence-corrected chi connectivity index (χ4v) is 3.49. The van der Waals surface area contributed by atoms with E-state index >= 15 is 0 Å². The van der Waals surface area contributed by atoms with Crippen LogP contribution in [0.4, 0.5) is 0 Å². The molecule has 0 N–H and O–H groups in total. The summed E-state index contributed by atoms with van der Waals surface area (Å²) in [5.74, 6) is 1.55. The molecular formula is C14H11NS. The minimum absolute atomic E-state index is 0.755. The lowest BCUT2D eigenvalue weighted by Crippen LogP contribution is -1.90. The molecule has 2 unspecified atom stereocenters. The Kier molecular flexibility index (Phi) is 1.66. The van der Waals surface area contributed by atoms with Gasteiger partial charge in [0.25, 0.3) is 0 Å². The molecule has 0 amide bonds. The summed E-state index contributed by atoms with van der Waals surface area (Å²) in [4.78, 5) is 4.73. The molecule has 0 saturated heterocycles. The average molecular weight is 225 g/mol. The Morgan fingerprint density at radius 2 is 2.19 bits per heavy atom. The van der Waals surface area contributed by atoms with E-state index in [4.69, 9.17) is 4.98 Å². The van der Waals surface area contributed by atoms with E-state index in [-0.39, 0.29) is 0 Å². The first-order valence-corrected chi connectivity index (χ1v) is 6.48. The predicted octanol–water partition coefficient (Wildman–Crippen LogP) is 3.89. The maximum absolute atomic E-state index is 4.73. The third kappa shape index (κ3) is 1.20. The number of aromatic nitrogens is 1. The van der Waals surface area contributed by atoms with Crippen LogP contribution in [-0.2, 0) is 0 Å². The van der Waals surface area contributed by atoms with Crippen LogP contribution in [0.1, 0.15) is 11.4 Å². The third-order valence-corrected chi connectivity index (χ3v) is 4.50. The van der Waals surface area contributed by atoms with E-state index in [9.17, 15) is 0 Å². The molecular weight excluding hydrogens is 214 g/mol. The van der Waals surface area contributed by atoms with Crippen LogP contribution >= 0.6 is 11.3 Å². The van der Waals surface area contributed by atoms with Crippen molar-refractivity contribution in [1.82, 2.24) is 4.98 Å². The standard InChI is InChI=1S/C14H11NS/c1-2-7-13-12(6-1)15-14(16-13)10-5-3-4-9-8-11(9)10/h1-7,9,11H,8H2. The minimum Gasteiger partial charge on any atom is -0.236 e. The summed E-state index contributed by atoms with van der Waals surface area (Å²) in [5.41, 5.74) is 2.59. The number of thiazole rings is 1. The molecule has 4 rings (SSSR count).